The van der Waals surface area contributed by atoms with Gasteiger partial charge in [0.15, 0.2) is 0 Å². The summed E-state index contributed by atoms with van der Waals surface area (Å²) < 4.78 is 0. The Bertz CT molecular complexity index is 346. The molecule has 1 saturated heterocycles. The van der Waals surface area contributed by atoms with Crippen LogP contribution in [-0.2, 0) is 4.79 Å². The summed E-state index contributed by atoms with van der Waals surface area (Å²) in [6.07, 6.45) is 8.47. The molecule has 0 radical (unpaired) electrons. The van der Waals surface area contributed by atoms with Crippen LogP contribution in [-0.4, -0.2) is 65.7 Å². The maximum absolute atomic E-state index is 12.3. The van der Waals surface area contributed by atoms with Gasteiger partial charge in [-0.2, -0.15) is 0 Å². The van der Waals surface area contributed by atoms with Crippen LogP contribution in [0.25, 0.3) is 0 Å². The molecule has 1 aliphatic heterocycles. The average molecular weight is 297 g/mol. The highest BCUT2D eigenvalue weighted by Gasteiger charge is 2.24. The van der Waals surface area contributed by atoms with Gasteiger partial charge < -0.3 is 15.3 Å². The number of nitrogens with zero attached hydrogens (tertiary/aromatic N) is 2. The number of piperazine rings is 1. The number of hydrogen-bond acceptors (Lipinski definition) is 3. The second-order valence-electron chi connectivity index (χ2n) is 6.15. The van der Waals surface area contributed by atoms with E-state index in [1.54, 1.807) is 0 Å². The van der Waals surface area contributed by atoms with Gasteiger partial charge in [-0.1, -0.05) is 32.1 Å². The van der Waals surface area contributed by atoms with Crippen LogP contribution in [0.3, 0.4) is 0 Å². The second-order valence-corrected chi connectivity index (χ2v) is 6.15. The minimum Gasteiger partial charge on any atom is -0.480 e. The predicted octanol–water partition coefficient (Wildman–Crippen LogP) is 1.51. The number of urea groups is 1. The Kier molecular flexibility index (Phi) is 6.29. The molecule has 0 atom stereocenters. The number of carboxylic acid groups (broad SMARTS) is 1. The molecule has 1 saturated carbocycles. The maximum atomic E-state index is 12.3. The molecule has 0 aromatic carbocycles. The van der Waals surface area contributed by atoms with Gasteiger partial charge in [-0.25, -0.2) is 4.79 Å². The monoisotopic (exact) mass is 297 g/mol. The molecule has 2 amide bonds. The van der Waals surface area contributed by atoms with Gasteiger partial charge in [0.1, 0.15) is 0 Å². The number of carbonyl (C=O) groups is 2. The summed E-state index contributed by atoms with van der Waals surface area (Å²) in [5, 5.41) is 11.9. The van der Waals surface area contributed by atoms with Gasteiger partial charge in [0.2, 0.25) is 0 Å². The number of rotatable bonds is 3. The highest BCUT2D eigenvalue weighted by Crippen LogP contribution is 2.17. The van der Waals surface area contributed by atoms with Crippen molar-refractivity contribution in [2.45, 2.75) is 51.0 Å². The summed E-state index contributed by atoms with van der Waals surface area (Å²) in [6, 6.07) is 0.338. The Hall–Kier alpha value is -1.30. The predicted molar refractivity (Wildman–Crippen MR) is 80.3 cm³/mol. The molecule has 2 aliphatic rings. The first-order valence-corrected chi connectivity index (χ1v) is 8.15. The highest BCUT2D eigenvalue weighted by atomic mass is 16.4. The molecule has 0 aromatic rings. The second kappa shape index (κ2) is 8.22. The topological polar surface area (TPSA) is 72.9 Å². The molecule has 1 heterocycles. The van der Waals surface area contributed by atoms with Crippen molar-refractivity contribution >= 4 is 12.0 Å². The Labute approximate surface area is 126 Å². The molecule has 2 rings (SSSR count). The first kappa shape index (κ1) is 16.1. The van der Waals surface area contributed by atoms with Crippen molar-refractivity contribution in [3.8, 4) is 0 Å². The number of carbonyl (C=O) groups excluding carboxylic acids is 1. The van der Waals surface area contributed by atoms with E-state index in [0.29, 0.717) is 32.2 Å². The average Bonchev–Trinajstić information content (AvgIpc) is 2.41. The molecule has 2 N–H and O–H groups in total. The van der Waals surface area contributed by atoms with Gasteiger partial charge >= 0.3 is 12.0 Å². The van der Waals surface area contributed by atoms with E-state index >= 15 is 0 Å². The van der Waals surface area contributed by atoms with Crippen LogP contribution >= 0.6 is 0 Å². The van der Waals surface area contributed by atoms with Gasteiger partial charge in [-0.05, 0) is 12.8 Å². The Morgan fingerprint density at radius 1 is 0.952 bits per heavy atom. The van der Waals surface area contributed by atoms with Crippen LogP contribution in [0.5, 0.6) is 0 Å². The lowest BCUT2D eigenvalue weighted by molar-refractivity contribution is -0.138. The molecule has 21 heavy (non-hydrogen) atoms. The molecule has 0 bridgehead atoms. The van der Waals surface area contributed by atoms with Gasteiger partial charge in [-0.3, -0.25) is 9.69 Å². The summed E-state index contributed by atoms with van der Waals surface area (Å²) in [5.74, 6) is -0.803. The number of carboxylic acids is 1. The number of amides is 2. The molecule has 0 spiro atoms. The van der Waals surface area contributed by atoms with E-state index in [1.165, 1.54) is 32.1 Å². The van der Waals surface area contributed by atoms with Crippen molar-refractivity contribution < 1.29 is 14.7 Å². The Balaban J connectivity index is 1.72. The van der Waals surface area contributed by atoms with Gasteiger partial charge in [0.25, 0.3) is 0 Å². The summed E-state index contributed by atoms with van der Waals surface area (Å²) >= 11 is 0. The third kappa shape index (κ3) is 5.53. The van der Waals surface area contributed by atoms with Gasteiger partial charge in [0, 0.05) is 32.2 Å². The van der Waals surface area contributed by atoms with E-state index in [0.717, 1.165) is 12.8 Å². The maximum Gasteiger partial charge on any atom is 0.317 e. The molecule has 120 valence electrons. The van der Waals surface area contributed by atoms with Crippen molar-refractivity contribution in [3.63, 3.8) is 0 Å². The zero-order valence-electron chi connectivity index (χ0n) is 12.7. The lowest BCUT2D eigenvalue weighted by Gasteiger charge is -2.35. The van der Waals surface area contributed by atoms with Crippen molar-refractivity contribution in [1.82, 2.24) is 15.1 Å². The lowest BCUT2D eigenvalue weighted by Crippen LogP contribution is -2.54. The lowest BCUT2D eigenvalue weighted by atomic mass is 9.97. The van der Waals surface area contributed by atoms with Crippen LogP contribution < -0.4 is 5.32 Å². The zero-order valence-corrected chi connectivity index (χ0v) is 12.7. The zero-order chi connectivity index (χ0) is 15.1. The minimum absolute atomic E-state index is 0.0237. The van der Waals surface area contributed by atoms with E-state index in [9.17, 15) is 9.59 Å². The smallest absolute Gasteiger partial charge is 0.317 e. The summed E-state index contributed by atoms with van der Waals surface area (Å²) in [7, 11) is 0. The van der Waals surface area contributed by atoms with Gasteiger partial charge in [-0.15, -0.1) is 0 Å². The van der Waals surface area contributed by atoms with Crippen LogP contribution in [0, 0.1) is 0 Å². The molecular weight excluding hydrogens is 270 g/mol. The highest BCUT2D eigenvalue weighted by molar-refractivity contribution is 5.74. The third-order valence-corrected chi connectivity index (χ3v) is 4.45. The Morgan fingerprint density at radius 3 is 2.10 bits per heavy atom. The first-order chi connectivity index (χ1) is 10.1. The van der Waals surface area contributed by atoms with E-state index in [2.05, 4.69) is 5.32 Å². The Morgan fingerprint density at radius 2 is 1.52 bits per heavy atom. The van der Waals surface area contributed by atoms with Crippen molar-refractivity contribution in [2.24, 2.45) is 0 Å². The van der Waals surface area contributed by atoms with Crippen LogP contribution in [0.4, 0.5) is 4.79 Å². The number of aliphatic carboxylic acids is 1. The van der Waals surface area contributed by atoms with Crippen LogP contribution in [0.15, 0.2) is 0 Å². The van der Waals surface area contributed by atoms with Crippen molar-refractivity contribution in [3.05, 3.63) is 0 Å². The molecule has 6 nitrogen and oxygen atoms in total. The normalized spacial score (nSPS) is 22.4. The minimum atomic E-state index is -0.803. The first-order valence-electron chi connectivity index (χ1n) is 8.15. The molecule has 2 fully saturated rings. The summed E-state index contributed by atoms with van der Waals surface area (Å²) in [5.41, 5.74) is 0. The van der Waals surface area contributed by atoms with Gasteiger partial charge in [0.05, 0.1) is 6.54 Å². The van der Waals surface area contributed by atoms with Crippen molar-refractivity contribution in [1.29, 1.82) is 0 Å². The summed E-state index contributed by atoms with van der Waals surface area (Å²) in [4.78, 5) is 26.6. The van der Waals surface area contributed by atoms with E-state index in [4.69, 9.17) is 5.11 Å². The number of nitrogens with one attached hydrogen (secondary N) is 1. The fourth-order valence-corrected chi connectivity index (χ4v) is 3.17. The fourth-order valence-electron chi connectivity index (χ4n) is 3.17. The SMILES string of the molecule is O=C(O)CN1CCN(C(=O)NC2CCCCCCC2)CC1. The fraction of sp³-hybridized carbons (Fsp3) is 0.867. The van der Waals surface area contributed by atoms with Crippen LogP contribution in [0.2, 0.25) is 0 Å². The molecule has 1 aliphatic carbocycles. The van der Waals surface area contributed by atoms with Crippen molar-refractivity contribution in [2.75, 3.05) is 32.7 Å². The van der Waals surface area contributed by atoms with Crippen LogP contribution in [0.1, 0.15) is 44.9 Å². The molecule has 0 aromatic heterocycles. The quantitative estimate of drug-likeness (QED) is 0.828. The molecular formula is C15H27N3O3. The summed E-state index contributed by atoms with van der Waals surface area (Å²) in [6.45, 7) is 2.59. The molecule has 6 heteroatoms. The third-order valence-electron chi connectivity index (χ3n) is 4.45. The van der Waals surface area contributed by atoms with E-state index in [1.807, 2.05) is 9.80 Å². The van der Waals surface area contributed by atoms with E-state index in [-0.39, 0.29) is 12.6 Å². The largest absolute Gasteiger partial charge is 0.480 e. The number of hydrogen-bond donors (Lipinski definition) is 2. The van der Waals surface area contributed by atoms with E-state index < -0.39 is 5.97 Å². The standard InChI is InChI=1S/C15H27N3O3/c19-14(20)12-17-8-10-18(11-9-17)15(21)16-13-6-4-2-1-3-5-7-13/h13H,1-12H2,(H,16,21)(H,19,20). The molecule has 0 unspecified atom stereocenters.